The van der Waals surface area contributed by atoms with Crippen LogP contribution < -0.4 is 10.6 Å². The topological polar surface area (TPSA) is 151 Å². The molecule has 0 saturated carbocycles. The highest BCUT2D eigenvalue weighted by Crippen LogP contribution is 2.40. The molecule has 8 aromatic rings. The van der Waals surface area contributed by atoms with E-state index in [1.165, 1.54) is 22.3 Å². The Balaban J connectivity index is 0.841. The van der Waals surface area contributed by atoms with Crippen LogP contribution >= 0.6 is 0 Å². The Labute approximate surface area is 348 Å². The van der Waals surface area contributed by atoms with E-state index in [-0.39, 0.29) is 48.7 Å². The molecule has 60 heavy (non-hydrogen) atoms. The van der Waals surface area contributed by atoms with Crippen molar-refractivity contribution in [3.05, 3.63) is 167 Å². The smallest absolute Gasteiger partial charge is 0.159 e. The van der Waals surface area contributed by atoms with Crippen LogP contribution in [0.4, 0.5) is 0 Å². The number of hydrogen-bond donors (Lipinski definition) is 4. The van der Waals surface area contributed by atoms with Crippen LogP contribution in [0.5, 0.6) is 0 Å². The second-order valence-corrected chi connectivity index (χ2v) is 17.0. The fourth-order valence-electron chi connectivity index (χ4n) is 9.27. The first-order valence-electron chi connectivity index (χ1n) is 20.6. The van der Waals surface area contributed by atoms with Crippen molar-refractivity contribution in [2.45, 2.75) is 89.8 Å². The summed E-state index contributed by atoms with van der Waals surface area (Å²) in [7, 11) is 0. The maximum atomic E-state index is 11.6. The highest BCUT2D eigenvalue weighted by Gasteiger charge is 2.35. The van der Waals surface area contributed by atoms with Gasteiger partial charge in [0.25, 0.3) is 0 Å². The fourth-order valence-corrected chi connectivity index (χ4v) is 9.27. The average Bonchev–Trinajstić information content (AvgIpc) is 3.98. The standard InChI is InChI=1S/C48H48N10O2/c1-27-35-11-7-9-13-37(35)41(55-27)43-29(3)53-39-17-15-31(25-57(39)43)33-21-49-45(50-22-33)47(5,59)19-20-48(6,60)46-51-23-34(24-52-46)32-16-18-40-54-30(4)44(58(40)26-32)42-38-14-10-8-12-36(38)28(2)56-42/h7-18,21-28,41-42,55-56,59-60H,19-20H2,1-6H3/t27-,28+,41-,42+,47?,48?. The van der Waals surface area contributed by atoms with E-state index < -0.39 is 11.2 Å². The molecule has 0 aliphatic carbocycles. The molecule has 10 rings (SSSR count). The van der Waals surface area contributed by atoms with Crippen LogP contribution in [0.1, 0.15) is 121 Å². The number of imidazole rings is 2. The van der Waals surface area contributed by atoms with Gasteiger partial charge in [0.2, 0.25) is 0 Å². The molecule has 4 N–H and O–H groups in total. The van der Waals surface area contributed by atoms with Crippen molar-refractivity contribution in [2.24, 2.45) is 0 Å². The second-order valence-electron chi connectivity index (χ2n) is 17.0. The molecule has 0 bridgehead atoms. The van der Waals surface area contributed by atoms with Gasteiger partial charge < -0.3 is 19.0 Å². The van der Waals surface area contributed by atoms with E-state index in [2.05, 4.69) is 128 Å². The number of aryl methyl sites for hydroxylation is 2. The lowest BCUT2D eigenvalue weighted by Crippen LogP contribution is -2.31. The first-order chi connectivity index (χ1) is 28.9. The molecular weight excluding hydrogens is 749 g/mol. The molecule has 2 aromatic carbocycles. The SMILES string of the molecule is Cc1nc2ccc(-c3cnc(C(C)(O)CCC(C)(O)c4ncc(-c5ccc6nc(C)c([C@H]7N[C@@H](C)c8ccccc87)n6c5)cn4)nc3)cn2c1[C@@H]1N[C@H](C)c2ccccc21. The molecule has 8 heterocycles. The maximum Gasteiger partial charge on any atom is 0.159 e. The first-order valence-corrected chi connectivity index (χ1v) is 20.6. The number of rotatable bonds is 9. The summed E-state index contributed by atoms with van der Waals surface area (Å²) in [4.78, 5) is 28.2. The molecule has 6 atom stereocenters. The summed E-state index contributed by atoms with van der Waals surface area (Å²) in [6, 6.07) is 25.7. The van der Waals surface area contributed by atoms with Gasteiger partial charge >= 0.3 is 0 Å². The Morgan fingerprint density at radius 1 is 0.533 bits per heavy atom. The molecule has 2 aliphatic heterocycles. The van der Waals surface area contributed by atoms with Crippen LogP contribution in [0.15, 0.2) is 110 Å². The van der Waals surface area contributed by atoms with E-state index >= 15 is 0 Å². The lowest BCUT2D eigenvalue weighted by Gasteiger charge is -2.27. The van der Waals surface area contributed by atoms with Crippen molar-refractivity contribution in [3.63, 3.8) is 0 Å². The fraction of sp³-hybridized carbons (Fsp3) is 0.292. The van der Waals surface area contributed by atoms with E-state index in [0.29, 0.717) is 0 Å². The minimum atomic E-state index is -1.41. The number of aromatic nitrogens is 8. The van der Waals surface area contributed by atoms with Gasteiger partial charge in [-0.3, -0.25) is 10.6 Å². The minimum absolute atomic E-state index is 0.0225. The summed E-state index contributed by atoms with van der Waals surface area (Å²) < 4.78 is 4.31. The van der Waals surface area contributed by atoms with Gasteiger partial charge in [0.15, 0.2) is 11.6 Å². The Kier molecular flexibility index (Phi) is 9.03. The second kappa shape index (κ2) is 14.2. The van der Waals surface area contributed by atoms with Gasteiger partial charge in [0.05, 0.1) is 34.9 Å². The van der Waals surface area contributed by atoms with Crippen LogP contribution in [0.25, 0.3) is 33.5 Å². The van der Waals surface area contributed by atoms with Gasteiger partial charge in [0.1, 0.15) is 22.5 Å². The van der Waals surface area contributed by atoms with E-state index in [0.717, 1.165) is 56.3 Å². The highest BCUT2D eigenvalue weighted by atomic mass is 16.3. The van der Waals surface area contributed by atoms with Crippen LogP contribution in [0.3, 0.4) is 0 Å². The molecule has 0 spiro atoms. The molecule has 0 radical (unpaired) electrons. The molecular formula is C48H48N10O2. The van der Waals surface area contributed by atoms with E-state index in [1.54, 1.807) is 38.6 Å². The summed E-state index contributed by atoms with van der Waals surface area (Å²) >= 11 is 0. The zero-order chi connectivity index (χ0) is 41.5. The number of benzene rings is 2. The van der Waals surface area contributed by atoms with Crippen molar-refractivity contribution in [1.82, 2.24) is 49.3 Å². The zero-order valence-corrected chi connectivity index (χ0v) is 34.6. The van der Waals surface area contributed by atoms with Gasteiger partial charge in [0, 0.05) is 71.5 Å². The van der Waals surface area contributed by atoms with Crippen molar-refractivity contribution < 1.29 is 10.2 Å². The van der Waals surface area contributed by atoms with Gasteiger partial charge in [-0.25, -0.2) is 29.9 Å². The van der Waals surface area contributed by atoms with E-state index in [9.17, 15) is 10.2 Å². The predicted octanol–water partition coefficient (Wildman–Crippen LogP) is 7.92. The third-order valence-electron chi connectivity index (χ3n) is 12.6. The first kappa shape index (κ1) is 38.0. The molecule has 12 nitrogen and oxygen atoms in total. The maximum absolute atomic E-state index is 11.6. The van der Waals surface area contributed by atoms with Crippen molar-refractivity contribution in [3.8, 4) is 22.3 Å². The third-order valence-corrected chi connectivity index (χ3v) is 12.6. The van der Waals surface area contributed by atoms with Gasteiger partial charge in [-0.1, -0.05) is 48.5 Å². The molecule has 0 fully saturated rings. The van der Waals surface area contributed by atoms with Gasteiger partial charge in [-0.15, -0.1) is 0 Å². The lowest BCUT2D eigenvalue weighted by molar-refractivity contribution is -0.0164. The predicted molar refractivity (Wildman–Crippen MR) is 230 cm³/mol. The number of aliphatic hydroxyl groups is 2. The Morgan fingerprint density at radius 3 is 1.28 bits per heavy atom. The third kappa shape index (κ3) is 6.38. The van der Waals surface area contributed by atoms with Crippen LogP contribution in [-0.4, -0.2) is 48.9 Å². The quantitative estimate of drug-likeness (QED) is 0.114. The number of nitrogens with one attached hydrogen (secondary N) is 2. The van der Waals surface area contributed by atoms with Crippen LogP contribution in [0.2, 0.25) is 0 Å². The van der Waals surface area contributed by atoms with Gasteiger partial charge in [-0.05, 0) is 101 Å². The minimum Gasteiger partial charge on any atom is -0.382 e. The van der Waals surface area contributed by atoms with Crippen LogP contribution in [-0.2, 0) is 11.2 Å². The van der Waals surface area contributed by atoms with Crippen molar-refractivity contribution >= 4 is 11.3 Å². The molecule has 2 unspecified atom stereocenters. The summed E-state index contributed by atoms with van der Waals surface area (Å²) in [5.41, 5.74) is 11.7. The number of fused-ring (bicyclic) bond motifs is 4. The number of nitrogens with zero attached hydrogens (tertiary/aromatic N) is 8. The monoisotopic (exact) mass is 796 g/mol. The normalized spacial score (nSPS) is 20.6. The molecule has 302 valence electrons. The van der Waals surface area contributed by atoms with Gasteiger partial charge in [-0.2, -0.15) is 0 Å². The average molecular weight is 797 g/mol. The Hall–Kier alpha value is -6.18. The summed E-state index contributed by atoms with van der Waals surface area (Å²) in [5, 5.41) is 30.7. The lowest BCUT2D eigenvalue weighted by atomic mass is 9.90. The van der Waals surface area contributed by atoms with E-state index in [1.807, 2.05) is 24.3 Å². The van der Waals surface area contributed by atoms with Crippen molar-refractivity contribution in [1.29, 1.82) is 0 Å². The number of pyridine rings is 2. The summed E-state index contributed by atoms with van der Waals surface area (Å²) in [5.74, 6) is 0.545. The van der Waals surface area contributed by atoms with Crippen molar-refractivity contribution in [2.75, 3.05) is 0 Å². The number of hydrogen-bond acceptors (Lipinski definition) is 10. The molecule has 0 amide bonds. The molecule has 6 aromatic heterocycles. The molecule has 2 aliphatic rings. The molecule has 0 saturated heterocycles. The Morgan fingerprint density at radius 2 is 0.900 bits per heavy atom. The molecule has 12 heteroatoms. The highest BCUT2D eigenvalue weighted by molar-refractivity contribution is 5.65. The van der Waals surface area contributed by atoms with E-state index in [4.69, 9.17) is 9.97 Å². The van der Waals surface area contributed by atoms with Crippen LogP contribution in [0, 0.1) is 13.8 Å². The zero-order valence-electron chi connectivity index (χ0n) is 34.6. The largest absolute Gasteiger partial charge is 0.382 e. The Bertz CT molecular complexity index is 2720. The summed E-state index contributed by atoms with van der Waals surface area (Å²) in [6.07, 6.45) is 11.5. The summed E-state index contributed by atoms with van der Waals surface area (Å²) in [6.45, 7) is 11.8.